The highest BCUT2D eigenvalue weighted by Gasteiger charge is 2.14. The summed E-state index contributed by atoms with van der Waals surface area (Å²) in [4.78, 5) is 11.9. The van der Waals surface area contributed by atoms with Gasteiger partial charge in [0.25, 0.3) is 5.91 Å². The molecule has 1 heterocycles. The van der Waals surface area contributed by atoms with Crippen LogP contribution in [-0.4, -0.2) is 19.3 Å². The maximum Gasteiger partial charge on any atom is 0.262 e. The third kappa shape index (κ3) is 3.28. The van der Waals surface area contributed by atoms with E-state index in [9.17, 15) is 4.79 Å². The van der Waals surface area contributed by atoms with E-state index < -0.39 is 0 Å². The van der Waals surface area contributed by atoms with Crippen molar-refractivity contribution in [3.63, 3.8) is 0 Å². The van der Waals surface area contributed by atoms with Crippen molar-refractivity contribution in [2.24, 2.45) is 0 Å². The molecule has 0 bridgehead atoms. The lowest BCUT2D eigenvalue weighted by Gasteiger charge is -2.09. The minimum Gasteiger partial charge on any atom is -0.484 e. The van der Waals surface area contributed by atoms with Gasteiger partial charge in [0.15, 0.2) is 18.1 Å². The monoisotopic (exact) mass is 349 g/mol. The molecule has 0 spiro atoms. The minimum atomic E-state index is -0.237. The Hall–Kier alpha value is -2.21. The van der Waals surface area contributed by atoms with Crippen molar-refractivity contribution in [2.45, 2.75) is 0 Å². The van der Waals surface area contributed by atoms with Crippen LogP contribution >= 0.6 is 15.9 Å². The molecule has 0 radical (unpaired) electrons. The molecule has 0 aliphatic carbocycles. The predicted molar refractivity (Wildman–Crippen MR) is 80.8 cm³/mol. The molecule has 2 aromatic rings. The SMILES string of the molecule is O=C(COc1ccc2c(c1)OCO2)Nc1ccccc1Br. The Morgan fingerprint density at radius 3 is 2.86 bits per heavy atom. The Labute approximate surface area is 129 Å². The number of benzene rings is 2. The first-order valence-electron chi connectivity index (χ1n) is 6.29. The molecular formula is C15H12BrNO4. The summed E-state index contributed by atoms with van der Waals surface area (Å²) in [7, 11) is 0. The highest BCUT2D eigenvalue weighted by Crippen LogP contribution is 2.35. The lowest BCUT2D eigenvalue weighted by Crippen LogP contribution is -2.20. The molecule has 1 aliphatic rings. The zero-order chi connectivity index (χ0) is 14.7. The van der Waals surface area contributed by atoms with E-state index in [1.54, 1.807) is 18.2 Å². The molecule has 1 amide bonds. The second-order valence-corrected chi connectivity index (χ2v) is 5.19. The molecule has 0 aromatic heterocycles. The minimum absolute atomic E-state index is 0.0824. The predicted octanol–water partition coefficient (Wildman–Crippen LogP) is 3.20. The van der Waals surface area contributed by atoms with Crippen molar-refractivity contribution in [1.82, 2.24) is 0 Å². The number of para-hydroxylation sites is 1. The zero-order valence-corrected chi connectivity index (χ0v) is 12.6. The second-order valence-electron chi connectivity index (χ2n) is 4.33. The molecule has 1 N–H and O–H groups in total. The summed E-state index contributed by atoms with van der Waals surface area (Å²) in [5.41, 5.74) is 0.705. The highest BCUT2D eigenvalue weighted by atomic mass is 79.9. The van der Waals surface area contributed by atoms with Crippen LogP contribution in [0.1, 0.15) is 0 Å². The van der Waals surface area contributed by atoms with Crippen LogP contribution in [0.4, 0.5) is 5.69 Å². The number of amides is 1. The molecule has 3 rings (SSSR count). The van der Waals surface area contributed by atoms with E-state index >= 15 is 0 Å². The molecule has 0 fully saturated rings. The van der Waals surface area contributed by atoms with Crippen LogP contribution in [-0.2, 0) is 4.79 Å². The molecule has 2 aromatic carbocycles. The van der Waals surface area contributed by atoms with Crippen LogP contribution in [0, 0.1) is 0 Å². The van der Waals surface area contributed by atoms with Crippen molar-refractivity contribution in [3.05, 3.63) is 46.9 Å². The summed E-state index contributed by atoms with van der Waals surface area (Å²) in [6, 6.07) is 12.6. The third-order valence-corrected chi connectivity index (χ3v) is 3.55. The van der Waals surface area contributed by atoms with E-state index in [2.05, 4.69) is 21.2 Å². The van der Waals surface area contributed by atoms with Gasteiger partial charge in [0, 0.05) is 10.5 Å². The second kappa shape index (κ2) is 6.05. The van der Waals surface area contributed by atoms with Crippen molar-refractivity contribution in [2.75, 3.05) is 18.7 Å². The van der Waals surface area contributed by atoms with Crippen LogP contribution in [0.2, 0.25) is 0 Å². The van der Waals surface area contributed by atoms with E-state index in [0.717, 1.165) is 4.47 Å². The van der Waals surface area contributed by atoms with Crippen LogP contribution in [0.25, 0.3) is 0 Å². The molecule has 6 heteroatoms. The number of ether oxygens (including phenoxy) is 3. The number of hydrogen-bond acceptors (Lipinski definition) is 4. The first-order valence-corrected chi connectivity index (χ1v) is 7.08. The number of anilines is 1. The lowest BCUT2D eigenvalue weighted by atomic mass is 10.3. The smallest absolute Gasteiger partial charge is 0.262 e. The fraction of sp³-hybridized carbons (Fsp3) is 0.133. The first-order chi connectivity index (χ1) is 10.2. The molecular weight excluding hydrogens is 338 g/mol. The van der Waals surface area contributed by atoms with E-state index in [1.807, 2.05) is 24.3 Å². The van der Waals surface area contributed by atoms with E-state index in [4.69, 9.17) is 14.2 Å². The van der Waals surface area contributed by atoms with Crippen LogP contribution < -0.4 is 19.5 Å². The molecule has 1 aliphatic heterocycles. The van der Waals surface area contributed by atoms with Gasteiger partial charge < -0.3 is 19.5 Å². The van der Waals surface area contributed by atoms with Gasteiger partial charge in [-0.15, -0.1) is 0 Å². The van der Waals surface area contributed by atoms with Crippen LogP contribution in [0.15, 0.2) is 46.9 Å². The van der Waals surface area contributed by atoms with Gasteiger partial charge in [0.05, 0.1) is 5.69 Å². The van der Waals surface area contributed by atoms with Gasteiger partial charge in [-0.05, 0) is 40.2 Å². The van der Waals surface area contributed by atoms with Crippen molar-refractivity contribution < 1.29 is 19.0 Å². The summed E-state index contributed by atoms with van der Waals surface area (Å²) < 4.78 is 16.7. The molecule has 5 nitrogen and oxygen atoms in total. The van der Waals surface area contributed by atoms with Crippen LogP contribution in [0.5, 0.6) is 17.2 Å². The molecule has 108 valence electrons. The Morgan fingerprint density at radius 2 is 2.00 bits per heavy atom. The lowest BCUT2D eigenvalue weighted by molar-refractivity contribution is -0.118. The average molecular weight is 350 g/mol. The van der Waals surface area contributed by atoms with E-state index in [0.29, 0.717) is 22.9 Å². The summed E-state index contributed by atoms with van der Waals surface area (Å²) in [5, 5.41) is 2.77. The van der Waals surface area contributed by atoms with Crippen molar-refractivity contribution in [1.29, 1.82) is 0 Å². The van der Waals surface area contributed by atoms with Gasteiger partial charge in [-0.3, -0.25) is 4.79 Å². The molecule has 0 unspecified atom stereocenters. The average Bonchev–Trinajstić information content (AvgIpc) is 2.95. The standard InChI is InChI=1S/C15H12BrNO4/c16-11-3-1-2-4-12(11)17-15(18)8-19-10-5-6-13-14(7-10)21-9-20-13/h1-7H,8-9H2,(H,17,18). The molecule has 0 atom stereocenters. The Balaban J connectivity index is 1.58. The maximum absolute atomic E-state index is 11.9. The summed E-state index contributed by atoms with van der Waals surface area (Å²) in [6.45, 7) is 0.127. The van der Waals surface area contributed by atoms with Gasteiger partial charge in [0.2, 0.25) is 6.79 Å². The van der Waals surface area contributed by atoms with Gasteiger partial charge in [-0.25, -0.2) is 0 Å². The first kappa shape index (κ1) is 13.8. The third-order valence-electron chi connectivity index (χ3n) is 2.86. The van der Waals surface area contributed by atoms with Crippen LogP contribution in [0.3, 0.4) is 0 Å². The topological polar surface area (TPSA) is 56.8 Å². The Bertz CT molecular complexity index is 674. The van der Waals surface area contributed by atoms with E-state index in [-0.39, 0.29) is 19.3 Å². The Kier molecular flexibility index (Phi) is 3.96. The summed E-state index contributed by atoms with van der Waals surface area (Å²) >= 11 is 3.37. The fourth-order valence-corrected chi connectivity index (χ4v) is 2.25. The molecule has 0 saturated heterocycles. The molecule has 21 heavy (non-hydrogen) atoms. The number of fused-ring (bicyclic) bond motifs is 1. The van der Waals surface area contributed by atoms with Gasteiger partial charge in [0.1, 0.15) is 5.75 Å². The summed E-state index contributed by atoms with van der Waals surface area (Å²) in [5.74, 6) is 1.62. The van der Waals surface area contributed by atoms with Crippen molar-refractivity contribution in [3.8, 4) is 17.2 Å². The fourth-order valence-electron chi connectivity index (χ4n) is 1.86. The van der Waals surface area contributed by atoms with Gasteiger partial charge in [-0.2, -0.15) is 0 Å². The van der Waals surface area contributed by atoms with Gasteiger partial charge >= 0.3 is 0 Å². The summed E-state index contributed by atoms with van der Waals surface area (Å²) in [6.07, 6.45) is 0. The molecule has 0 saturated carbocycles. The van der Waals surface area contributed by atoms with Crippen molar-refractivity contribution >= 4 is 27.5 Å². The normalized spacial score (nSPS) is 12.0. The quantitative estimate of drug-likeness (QED) is 0.920. The maximum atomic E-state index is 11.9. The number of rotatable bonds is 4. The number of halogens is 1. The largest absolute Gasteiger partial charge is 0.484 e. The van der Waals surface area contributed by atoms with E-state index in [1.165, 1.54) is 0 Å². The number of carbonyl (C=O) groups is 1. The Morgan fingerprint density at radius 1 is 1.19 bits per heavy atom. The highest BCUT2D eigenvalue weighted by molar-refractivity contribution is 9.10. The number of nitrogens with one attached hydrogen (secondary N) is 1. The van der Waals surface area contributed by atoms with Gasteiger partial charge in [-0.1, -0.05) is 12.1 Å². The number of hydrogen-bond donors (Lipinski definition) is 1. The zero-order valence-electron chi connectivity index (χ0n) is 11.0. The number of carbonyl (C=O) groups excluding carboxylic acids is 1.